The number of aryl methyl sites for hydroxylation is 3. The third-order valence-electron chi connectivity index (χ3n) is 6.60. The maximum absolute atomic E-state index is 13.3. The molecule has 43 heavy (non-hydrogen) atoms. The highest BCUT2D eigenvalue weighted by molar-refractivity contribution is 6.34. The molecule has 3 aromatic rings. The van der Waals surface area contributed by atoms with Crippen molar-refractivity contribution in [3.8, 4) is 17.2 Å². The Hall–Kier alpha value is -3.46. The second kappa shape index (κ2) is 17.0. The van der Waals surface area contributed by atoms with Gasteiger partial charge in [-0.3, -0.25) is 0 Å². The third kappa shape index (κ3) is 11.3. The van der Waals surface area contributed by atoms with Gasteiger partial charge in [-0.05, 0) is 87.6 Å². The van der Waals surface area contributed by atoms with E-state index in [0.29, 0.717) is 66.4 Å². The standard InChI is InChI=1S/C33H39Cl2NO7/c1-5-40-30(32(37)38)18-25-8-10-28(11-9-25)42-15-13-36(33(39)43-31-23(3)16-22(2)17-24(31)4)12-6-7-14-41-29-20-26(34)19-27(35)21-29/h8-11,16-17,19-21,30H,5-7,12-15,18H2,1-4H3,(H,37,38). The number of carbonyl (C=O) groups excluding carboxylic acids is 1. The lowest BCUT2D eigenvalue weighted by atomic mass is 10.1. The van der Waals surface area contributed by atoms with Crippen LogP contribution in [0.3, 0.4) is 0 Å². The number of carboxylic acids is 1. The van der Waals surface area contributed by atoms with Gasteiger partial charge in [-0.15, -0.1) is 0 Å². The van der Waals surface area contributed by atoms with E-state index in [4.69, 9.17) is 42.1 Å². The first-order chi connectivity index (χ1) is 20.5. The fraction of sp³-hybridized carbons (Fsp3) is 0.394. The average Bonchev–Trinajstić information content (AvgIpc) is 2.93. The molecule has 0 fully saturated rings. The van der Waals surface area contributed by atoms with Crippen LogP contribution in [-0.2, 0) is 16.0 Å². The first kappa shape index (κ1) is 34.0. The second-order valence-electron chi connectivity index (χ2n) is 10.2. The minimum atomic E-state index is -0.995. The van der Waals surface area contributed by atoms with Gasteiger partial charge in [0.2, 0.25) is 0 Å². The molecule has 1 atom stereocenters. The molecule has 0 saturated carbocycles. The number of aliphatic carboxylic acids is 1. The van der Waals surface area contributed by atoms with Crippen LogP contribution < -0.4 is 14.2 Å². The van der Waals surface area contributed by atoms with Gasteiger partial charge >= 0.3 is 12.1 Å². The van der Waals surface area contributed by atoms with Crippen molar-refractivity contribution in [2.45, 2.75) is 53.1 Å². The zero-order valence-corrected chi connectivity index (χ0v) is 26.5. The fourth-order valence-electron chi connectivity index (χ4n) is 4.61. The van der Waals surface area contributed by atoms with E-state index in [-0.39, 0.29) is 13.0 Å². The summed E-state index contributed by atoms with van der Waals surface area (Å²) in [6.45, 7) is 9.37. The first-order valence-electron chi connectivity index (χ1n) is 14.2. The Balaban J connectivity index is 1.58. The van der Waals surface area contributed by atoms with E-state index < -0.39 is 18.2 Å². The van der Waals surface area contributed by atoms with Crippen molar-refractivity contribution in [1.82, 2.24) is 4.90 Å². The Bertz CT molecular complexity index is 1320. The smallest absolute Gasteiger partial charge is 0.415 e. The molecule has 0 radical (unpaired) electrons. The molecular weight excluding hydrogens is 593 g/mol. The van der Waals surface area contributed by atoms with Crippen LogP contribution in [-0.4, -0.2) is 61.1 Å². The van der Waals surface area contributed by atoms with Crippen molar-refractivity contribution in [3.05, 3.63) is 86.9 Å². The van der Waals surface area contributed by atoms with Gasteiger partial charge in [0.25, 0.3) is 0 Å². The summed E-state index contributed by atoms with van der Waals surface area (Å²) in [4.78, 5) is 26.3. The molecule has 3 aromatic carbocycles. The lowest BCUT2D eigenvalue weighted by Crippen LogP contribution is -2.38. The lowest BCUT2D eigenvalue weighted by molar-refractivity contribution is -0.149. The summed E-state index contributed by atoms with van der Waals surface area (Å²) in [5, 5.41) is 10.3. The Kier molecular flexibility index (Phi) is 13.4. The molecule has 3 rings (SSSR count). The Morgan fingerprint density at radius 2 is 1.47 bits per heavy atom. The van der Waals surface area contributed by atoms with E-state index in [9.17, 15) is 14.7 Å². The Labute approximate surface area is 263 Å². The van der Waals surface area contributed by atoms with Crippen LogP contribution in [0.15, 0.2) is 54.6 Å². The molecule has 0 aliphatic carbocycles. The summed E-state index contributed by atoms with van der Waals surface area (Å²) < 4.78 is 22.8. The number of carbonyl (C=O) groups is 2. The lowest BCUT2D eigenvalue weighted by Gasteiger charge is -2.23. The predicted octanol–water partition coefficient (Wildman–Crippen LogP) is 7.69. The molecule has 1 N–H and O–H groups in total. The van der Waals surface area contributed by atoms with E-state index in [1.165, 1.54) is 0 Å². The summed E-state index contributed by atoms with van der Waals surface area (Å²) in [5.41, 5.74) is 3.71. The SMILES string of the molecule is CCOC(Cc1ccc(OCCN(CCCCOc2cc(Cl)cc(Cl)c2)C(=O)Oc2c(C)cc(C)cc2C)cc1)C(=O)O. The maximum Gasteiger partial charge on any atom is 0.415 e. The predicted molar refractivity (Wildman–Crippen MR) is 168 cm³/mol. The number of amides is 1. The molecular formula is C33H39Cl2NO7. The van der Waals surface area contributed by atoms with Crippen molar-refractivity contribution < 1.29 is 33.6 Å². The normalized spacial score (nSPS) is 11.6. The zero-order chi connectivity index (χ0) is 31.4. The second-order valence-corrected chi connectivity index (χ2v) is 11.1. The number of nitrogens with zero attached hydrogens (tertiary/aromatic N) is 1. The topological polar surface area (TPSA) is 94.5 Å². The van der Waals surface area contributed by atoms with Gasteiger partial charge < -0.3 is 29.0 Å². The molecule has 1 amide bonds. The quantitative estimate of drug-likeness (QED) is 0.162. The largest absolute Gasteiger partial charge is 0.493 e. The zero-order valence-electron chi connectivity index (χ0n) is 25.0. The molecule has 0 aliphatic heterocycles. The van der Waals surface area contributed by atoms with Crippen LogP contribution in [0.4, 0.5) is 4.79 Å². The van der Waals surface area contributed by atoms with Crippen LogP contribution in [0.5, 0.6) is 17.2 Å². The Morgan fingerprint density at radius 3 is 2.07 bits per heavy atom. The number of hydrogen-bond acceptors (Lipinski definition) is 6. The fourth-order valence-corrected chi connectivity index (χ4v) is 5.11. The van der Waals surface area contributed by atoms with Crippen molar-refractivity contribution in [1.29, 1.82) is 0 Å². The molecule has 0 spiro atoms. The maximum atomic E-state index is 13.3. The van der Waals surface area contributed by atoms with E-state index in [2.05, 4.69) is 0 Å². The minimum absolute atomic E-state index is 0.245. The van der Waals surface area contributed by atoms with Crippen molar-refractivity contribution in [2.24, 2.45) is 0 Å². The number of ether oxygens (including phenoxy) is 4. The molecule has 8 nitrogen and oxygen atoms in total. The highest BCUT2D eigenvalue weighted by atomic mass is 35.5. The van der Waals surface area contributed by atoms with Gasteiger partial charge in [-0.2, -0.15) is 0 Å². The van der Waals surface area contributed by atoms with Crippen molar-refractivity contribution >= 4 is 35.3 Å². The van der Waals surface area contributed by atoms with Gasteiger partial charge in [-0.1, -0.05) is 53.0 Å². The third-order valence-corrected chi connectivity index (χ3v) is 7.03. The van der Waals surface area contributed by atoms with Crippen molar-refractivity contribution in [3.63, 3.8) is 0 Å². The van der Waals surface area contributed by atoms with Gasteiger partial charge in [0.15, 0.2) is 6.10 Å². The molecule has 0 bridgehead atoms. The summed E-state index contributed by atoms with van der Waals surface area (Å²) in [6, 6.07) is 16.2. The van der Waals surface area contributed by atoms with E-state index in [0.717, 1.165) is 22.3 Å². The van der Waals surface area contributed by atoms with Crippen LogP contribution in [0.1, 0.15) is 42.0 Å². The number of hydrogen-bond donors (Lipinski definition) is 1. The molecule has 232 valence electrons. The van der Waals surface area contributed by atoms with E-state index in [1.54, 1.807) is 42.2 Å². The number of benzene rings is 3. The summed E-state index contributed by atoms with van der Waals surface area (Å²) in [5.74, 6) is 0.768. The average molecular weight is 633 g/mol. The van der Waals surface area contributed by atoms with E-state index >= 15 is 0 Å². The van der Waals surface area contributed by atoms with Gasteiger partial charge in [0, 0.05) is 29.6 Å². The molecule has 10 heteroatoms. The van der Waals surface area contributed by atoms with Gasteiger partial charge in [0.05, 0.1) is 13.2 Å². The van der Waals surface area contributed by atoms with Crippen LogP contribution in [0.2, 0.25) is 10.0 Å². The molecule has 0 heterocycles. The number of rotatable bonds is 16. The first-order valence-corrected chi connectivity index (χ1v) is 15.0. The Morgan fingerprint density at radius 1 is 0.837 bits per heavy atom. The minimum Gasteiger partial charge on any atom is -0.493 e. The molecule has 0 aromatic heterocycles. The van der Waals surface area contributed by atoms with Gasteiger partial charge in [-0.25, -0.2) is 9.59 Å². The van der Waals surface area contributed by atoms with E-state index in [1.807, 2.05) is 45.0 Å². The van der Waals surface area contributed by atoms with Crippen LogP contribution >= 0.6 is 23.2 Å². The van der Waals surface area contributed by atoms with Crippen LogP contribution in [0.25, 0.3) is 0 Å². The molecule has 1 unspecified atom stereocenters. The monoisotopic (exact) mass is 631 g/mol. The highest BCUT2D eigenvalue weighted by Gasteiger charge is 2.20. The number of carboxylic acid groups (broad SMARTS) is 1. The molecule has 0 saturated heterocycles. The van der Waals surface area contributed by atoms with Crippen LogP contribution in [0, 0.1) is 20.8 Å². The highest BCUT2D eigenvalue weighted by Crippen LogP contribution is 2.26. The summed E-state index contributed by atoms with van der Waals surface area (Å²) in [6.07, 6.45) is 0.277. The number of halogens is 2. The van der Waals surface area contributed by atoms with Crippen molar-refractivity contribution in [2.75, 3.05) is 32.9 Å². The van der Waals surface area contributed by atoms with Gasteiger partial charge in [0.1, 0.15) is 23.9 Å². The number of unbranched alkanes of at least 4 members (excludes halogenated alkanes) is 1. The molecule has 0 aliphatic rings. The summed E-state index contributed by atoms with van der Waals surface area (Å²) >= 11 is 12.1. The summed E-state index contributed by atoms with van der Waals surface area (Å²) in [7, 11) is 0.